The standard InChI is InChI=1S/C17H23ClN2O3S/c1-11(23-14-8-6-5-7-12(14)18)16(22)20-10-24-9-13(20)15(21)19-17(2,3)4/h5-8,11,13H,9-10H2,1-4H3,(H,19,21). The minimum atomic E-state index is -0.714. The van der Waals surface area contributed by atoms with E-state index in [4.69, 9.17) is 16.3 Å². The third-order valence-electron chi connectivity index (χ3n) is 3.45. The van der Waals surface area contributed by atoms with Gasteiger partial charge in [-0.2, -0.15) is 0 Å². The van der Waals surface area contributed by atoms with Gasteiger partial charge >= 0.3 is 0 Å². The van der Waals surface area contributed by atoms with Gasteiger partial charge in [-0.05, 0) is 39.8 Å². The van der Waals surface area contributed by atoms with Crippen molar-refractivity contribution in [3.05, 3.63) is 29.3 Å². The lowest BCUT2D eigenvalue weighted by Crippen LogP contribution is -2.54. The minimum Gasteiger partial charge on any atom is -0.479 e. The molecule has 0 spiro atoms. The molecule has 0 aromatic heterocycles. The first-order chi connectivity index (χ1) is 11.2. The molecule has 2 unspecified atom stereocenters. The number of thioether (sulfide) groups is 1. The zero-order valence-corrected chi connectivity index (χ0v) is 15.9. The number of carbonyl (C=O) groups excluding carboxylic acids is 2. The maximum absolute atomic E-state index is 12.7. The first-order valence-corrected chi connectivity index (χ1v) is 9.34. The lowest BCUT2D eigenvalue weighted by atomic mass is 10.1. The Morgan fingerprint density at radius 3 is 2.67 bits per heavy atom. The van der Waals surface area contributed by atoms with Crippen molar-refractivity contribution in [3.8, 4) is 5.75 Å². The predicted molar refractivity (Wildman–Crippen MR) is 97.4 cm³/mol. The Labute approximate surface area is 152 Å². The maximum Gasteiger partial charge on any atom is 0.264 e. The van der Waals surface area contributed by atoms with Crippen molar-refractivity contribution in [2.75, 3.05) is 11.6 Å². The van der Waals surface area contributed by atoms with Crippen molar-refractivity contribution in [3.63, 3.8) is 0 Å². The summed E-state index contributed by atoms with van der Waals surface area (Å²) in [5, 5.41) is 3.39. The fraction of sp³-hybridized carbons (Fsp3) is 0.529. The molecule has 0 saturated carbocycles. The number of halogens is 1. The number of hydrogen-bond acceptors (Lipinski definition) is 4. The van der Waals surface area contributed by atoms with Crippen molar-refractivity contribution in [1.82, 2.24) is 10.2 Å². The van der Waals surface area contributed by atoms with E-state index in [0.717, 1.165) is 0 Å². The SMILES string of the molecule is CC(Oc1ccccc1Cl)C(=O)N1CSCC1C(=O)NC(C)(C)C. The quantitative estimate of drug-likeness (QED) is 0.885. The van der Waals surface area contributed by atoms with Crippen LogP contribution in [0.1, 0.15) is 27.7 Å². The van der Waals surface area contributed by atoms with Gasteiger partial charge in [0, 0.05) is 11.3 Å². The molecule has 132 valence electrons. The second-order valence-corrected chi connectivity index (χ2v) is 8.16. The van der Waals surface area contributed by atoms with Gasteiger partial charge in [-0.15, -0.1) is 11.8 Å². The molecule has 7 heteroatoms. The van der Waals surface area contributed by atoms with Crippen LogP contribution in [0.25, 0.3) is 0 Å². The van der Waals surface area contributed by atoms with Gasteiger partial charge < -0.3 is 15.0 Å². The third kappa shape index (κ3) is 4.80. The van der Waals surface area contributed by atoms with E-state index in [9.17, 15) is 9.59 Å². The van der Waals surface area contributed by atoms with Crippen LogP contribution in [-0.4, -0.2) is 46.0 Å². The summed E-state index contributed by atoms with van der Waals surface area (Å²) >= 11 is 7.63. The van der Waals surface area contributed by atoms with Gasteiger partial charge in [-0.3, -0.25) is 9.59 Å². The highest BCUT2D eigenvalue weighted by Crippen LogP contribution is 2.27. The number of amides is 2. The van der Waals surface area contributed by atoms with Gasteiger partial charge in [0.15, 0.2) is 6.10 Å². The number of nitrogens with one attached hydrogen (secondary N) is 1. The summed E-state index contributed by atoms with van der Waals surface area (Å²) in [4.78, 5) is 26.7. The second kappa shape index (κ2) is 7.66. The number of rotatable bonds is 4. The number of carbonyl (C=O) groups is 2. The van der Waals surface area contributed by atoms with Crippen molar-refractivity contribution < 1.29 is 14.3 Å². The fourth-order valence-electron chi connectivity index (χ4n) is 2.34. The monoisotopic (exact) mass is 370 g/mol. The number of para-hydroxylation sites is 1. The Balaban J connectivity index is 2.04. The molecule has 0 aliphatic carbocycles. The molecule has 5 nitrogen and oxygen atoms in total. The van der Waals surface area contributed by atoms with Crippen LogP contribution >= 0.6 is 23.4 Å². The normalized spacial score (nSPS) is 19.0. The topological polar surface area (TPSA) is 58.6 Å². The molecule has 1 saturated heterocycles. The minimum absolute atomic E-state index is 0.134. The molecular formula is C17H23ClN2O3S. The summed E-state index contributed by atoms with van der Waals surface area (Å²) in [6.07, 6.45) is -0.714. The average Bonchev–Trinajstić information content (AvgIpc) is 2.96. The molecule has 1 N–H and O–H groups in total. The van der Waals surface area contributed by atoms with E-state index in [2.05, 4.69) is 5.32 Å². The first-order valence-electron chi connectivity index (χ1n) is 7.80. The van der Waals surface area contributed by atoms with Crippen molar-refractivity contribution in [2.45, 2.75) is 45.4 Å². The van der Waals surface area contributed by atoms with Crippen LogP contribution in [-0.2, 0) is 9.59 Å². The molecule has 1 aromatic carbocycles. The summed E-state index contributed by atoms with van der Waals surface area (Å²) in [6, 6.07) is 6.54. The van der Waals surface area contributed by atoms with Crippen LogP contribution in [0, 0.1) is 0 Å². The third-order valence-corrected chi connectivity index (χ3v) is 4.78. The molecule has 2 rings (SSSR count). The number of hydrogen-bond donors (Lipinski definition) is 1. The van der Waals surface area contributed by atoms with Gasteiger partial charge in [-0.25, -0.2) is 0 Å². The smallest absolute Gasteiger partial charge is 0.264 e. The van der Waals surface area contributed by atoms with Crippen LogP contribution in [0.5, 0.6) is 5.75 Å². The molecule has 2 amide bonds. The van der Waals surface area contributed by atoms with E-state index < -0.39 is 12.1 Å². The Hall–Kier alpha value is -1.40. The van der Waals surface area contributed by atoms with E-state index in [-0.39, 0.29) is 17.4 Å². The number of ether oxygens (including phenoxy) is 1. The molecule has 1 aliphatic rings. The van der Waals surface area contributed by atoms with Gasteiger partial charge in [0.2, 0.25) is 5.91 Å². The fourth-order valence-corrected chi connectivity index (χ4v) is 3.69. The molecule has 0 bridgehead atoms. The maximum atomic E-state index is 12.7. The summed E-state index contributed by atoms with van der Waals surface area (Å²) in [6.45, 7) is 7.43. The van der Waals surface area contributed by atoms with E-state index in [1.807, 2.05) is 20.8 Å². The molecular weight excluding hydrogens is 348 g/mol. The molecule has 1 aromatic rings. The Morgan fingerprint density at radius 2 is 2.04 bits per heavy atom. The van der Waals surface area contributed by atoms with Crippen LogP contribution in [0.4, 0.5) is 0 Å². The Bertz CT molecular complexity index is 618. The molecule has 0 radical (unpaired) electrons. The van der Waals surface area contributed by atoms with Crippen molar-refractivity contribution >= 4 is 35.2 Å². The highest BCUT2D eigenvalue weighted by atomic mass is 35.5. The van der Waals surface area contributed by atoms with Crippen LogP contribution in [0.3, 0.4) is 0 Å². The van der Waals surface area contributed by atoms with Crippen LogP contribution in [0.2, 0.25) is 5.02 Å². The Kier molecular flexibility index (Phi) is 6.04. The number of benzene rings is 1. The second-order valence-electron chi connectivity index (χ2n) is 6.75. The zero-order valence-electron chi connectivity index (χ0n) is 14.3. The average molecular weight is 371 g/mol. The summed E-state index contributed by atoms with van der Waals surface area (Å²) < 4.78 is 5.68. The summed E-state index contributed by atoms with van der Waals surface area (Å²) in [7, 11) is 0. The first kappa shape index (κ1) is 18.9. The molecule has 1 fully saturated rings. The van der Waals surface area contributed by atoms with Gasteiger partial charge in [0.1, 0.15) is 11.8 Å². The van der Waals surface area contributed by atoms with Gasteiger partial charge in [0.05, 0.1) is 10.9 Å². The molecule has 1 aliphatic heterocycles. The van der Waals surface area contributed by atoms with E-state index in [1.54, 1.807) is 47.9 Å². The lowest BCUT2D eigenvalue weighted by molar-refractivity contribution is -0.143. The Morgan fingerprint density at radius 1 is 1.38 bits per heavy atom. The van der Waals surface area contributed by atoms with Crippen LogP contribution < -0.4 is 10.1 Å². The zero-order chi connectivity index (χ0) is 17.9. The van der Waals surface area contributed by atoms with Crippen LogP contribution in [0.15, 0.2) is 24.3 Å². The van der Waals surface area contributed by atoms with Crippen molar-refractivity contribution in [2.24, 2.45) is 0 Å². The van der Waals surface area contributed by atoms with Gasteiger partial charge in [-0.1, -0.05) is 23.7 Å². The largest absolute Gasteiger partial charge is 0.479 e. The predicted octanol–water partition coefficient (Wildman–Crippen LogP) is 2.92. The van der Waals surface area contributed by atoms with Crippen molar-refractivity contribution in [1.29, 1.82) is 0 Å². The van der Waals surface area contributed by atoms with E-state index in [0.29, 0.717) is 22.4 Å². The molecule has 2 atom stereocenters. The molecule has 24 heavy (non-hydrogen) atoms. The summed E-state index contributed by atoms with van der Waals surface area (Å²) in [5.74, 6) is 1.19. The highest BCUT2D eigenvalue weighted by Gasteiger charge is 2.38. The van der Waals surface area contributed by atoms with E-state index in [1.165, 1.54) is 0 Å². The van der Waals surface area contributed by atoms with E-state index >= 15 is 0 Å². The number of nitrogens with zero attached hydrogens (tertiary/aromatic N) is 1. The van der Waals surface area contributed by atoms with Gasteiger partial charge in [0.25, 0.3) is 5.91 Å². The lowest BCUT2D eigenvalue weighted by Gasteiger charge is -2.29. The highest BCUT2D eigenvalue weighted by molar-refractivity contribution is 7.99. The molecule has 1 heterocycles. The summed E-state index contributed by atoms with van der Waals surface area (Å²) in [5.41, 5.74) is -0.335.